The third-order valence-corrected chi connectivity index (χ3v) is 4.88. The zero-order valence-electron chi connectivity index (χ0n) is 14.3. The van der Waals surface area contributed by atoms with Crippen molar-refractivity contribution in [2.24, 2.45) is 7.05 Å². The summed E-state index contributed by atoms with van der Waals surface area (Å²) in [6.45, 7) is 2.50. The van der Waals surface area contributed by atoms with E-state index in [1.54, 1.807) is 24.0 Å². The molecule has 130 valence electrons. The number of hydrogen-bond acceptors (Lipinski definition) is 5. The van der Waals surface area contributed by atoms with Gasteiger partial charge in [0, 0.05) is 56.9 Å². The molecule has 0 atom stereocenters. The Bertz CT molecular complexity index is 922. The SMILES string of the molecule is Cn1ccnc(N2CCC(NCc3cnn4ccccc34)CC2)c1=O. The molecule has 1 saturated heterocycles. The van der Waals surface area contributed by atoms with Gasteiger partial charge in [0.1, 0.15) is 0 Å². The lowest BCUT2D eigenvalue weighted by molar-refractivity contribution is 0.412. The van der Waals surface area contributed by atoms with Crippen LogP contribution in [0.5, 0.6) is 0 Å². The monoisotopic (exact) mass is 338 g/mol. The molecule has 1 aliphatic rings. The molecule has 4 heterocycles. The predicted molar refractivity (Wildman–Crippen MR) is 96.7 cm³/mol. The fourth-order valence-corrected chi connectivity index (χ4v) is 3.37. The van der Waals surface area contributed by atoms with E-state index in [4.69, 9.17) is 0 Å². The van der Waals surface area contributed by atoms with Gasteiger partial charge in [0.2, 0.25) is 0 Å². The molecule has 0 unspecified atom stereocenters. The molecule has 25 heavy (non-hydrogen) atoms. The van der Waals surface area contributed by atoms with Crippen molar-refractivity contribution in [3.8, 4) is 0 Å². The first-order chi connectivity index (χ1) is 12.2. The number of nitrogens with one attached hydrogen (secondary N) is 1. The van der Waals surface area contributed by atoms with E-state index < -0.39 is 0 Å². The fraction of sp³-hybridized carbons (Fsp3) is 0.389. The molecule has 0 spiro atoms. The normalized spacial score (nSPS) is 15.8. The number of nitrogens with zero attached hydrogens (tertiary/aromatic N) is 5. The number of pyridine rings is 1. The Hall–Kier alpha value is -2.67. The van der Waals surface area contributed by atoms with Crippen molar-refractivity contribution in [2.75, 3.05) is 18.0 Å². The molecular formula is C18H22N6O. The Labute approximate surface area is 145 Å². The van der Waals surface area contributed by atoms with E-state index >= 15 is 0 Å². The molecule has 0 bridgehead atoms. The molecule has 0 aliphatic carbocycles. The maximum Gasteiger partial charge on any atom is 0.293 e. The third kappa shape index (κ3) is 3.15. The highest BCUT2D eigenvalue weighted by Gasteiger charge is 2.22. The van der Waals surface area contributed by atoms with Crippen LogP contribution in [0.3, 0.4) is 0 Å². The first-order valence-corrected chi connectivity index (χ1v) is 8.63. The van der Waals surface area contributed by atoms with Gasteiger partial charge >= 0.3 is 0 Å². The molecule has 1 aliphatic heterocycles. The number of aryl methyl sites for hydroxylation is 1. The molecule has 7 heteroatoms. The van der Waals surface area contributed by atoms with Gasteiger partial charge in [-0.1, -0.05) is 6.07 Å². The van der Waals surface area contributed by atoms with Crippen LogP contribution < -0.4 is 15.8 Å². The number of rotatable bonds is 4. The Morgan fingerprint density at radius 3 is 2.92 bits per heavy atom. The maximum atomic E-state index is 12.2. The average Bonchev–Trinajstić information content (AvgIpc) is 3.06. The lowest BCUT2D eigenvalue weighted by atomic mass is 10.0. The van der Waals surface area contributed by atoms with Crippen LogP contribution in [0.1, 0.15) is 18.4 Å². The maximum absolute atomic E-state index is 12.2. The topological polar surface area (TPSA) is 67.5 Å². The van der Waals surface area contributed by atoms with Crippen LogP contribution in [0.2, 0.25) is 0 Å². The van der Waals surface area contributed by atoms with Gasteiger partial charge < -0.3 is 14.8 Å². The van der Waals surface area contributed by atoms with Crippen LogP contribution in [0.4, 0.5) is 5.82 Å². The van der Waals surface area contributed by atoms with Crippen LogP contribution in [-0.2, 0) is 13.6 Å². The summed E-state index contributed by atoms with van der Waals surface area (Å²) in [5.74, 6) is 0.561. The summed E-state index contributed by atoms with van der Waals surface area (Å²) in [7, 11) is 1.76. The van der Waals surface area contributed by atoms with E-state index in [0.717, 1.165) is 38.0 Å². The molecule has 3 aromatic heterocycles. The van der Waals surface area contributed by atoms with Gasteiger partial charge in [-0.15, -0.1) is 0 Å². The Kier molecular flexibility index (Phi) is 4.23. The van der Waals surface area contributed by atoms with E-state index in [-0.39, 0.29) is 5.56 Å². The van der Waals surface area contributed by atoms with E-state index in [9.17, 15) is 4.79 Å². The zero-order chi connectivity index (χ0) is 17.2. The second-order valence-electron chi connectivity index (χ2n) is 6.51. The summed E-state index contributed by atoms with van der Waals surface area (Å²) >= 11 is 0. The fourth-order valence-electron chi connectivity index (χ4n) is 3.37. The van der Waals surface area contributed by atoms with Gasteiger partial charge in [0.05, 0.1) is 11.7 Å². The van der Waals surface area contributed by atoms with Crippen molar-refractivity contribution in [3.05, 3.63) is 58.9 Å². The minimum Gasteiger partial charge on any atom is -0.352 e. The number of anilines is 1. The van der Waals surface area contributed by atoms with Crippen molar-refractivity contribution in [3.63, 3.8) is 0 Å². The molecule has 0 aromatic carbocycles. The molecule has 3 aromatic rings. The predicted octanol–water partition coefficient (Wildman–Crippen LogP) is 1.19. The minimum atomic E-state index is -0.0275. The van der Waals surface area contributed by atoms with E-state index in [0.29, 0.717) is 11.9 Å². The Morgan fingerprint density at radius 1 is 1.24 bits per heavy atom. The van der Waals surface area contributed by atoms with Gasteiger partial charge in [0.15, 0.2) is 5.82 Å². The lowest BCUT2D eigenvalue weighted by Crippen LogP contribution is -2.44. The van der Waals surface area contributed by atoms with Gasteiger partial charge in [-0.3, -0.25) is 4.79 Å². The largest absolute Gasteiger partial charge is 0.352 e. The van der Waals surface area contributed by atoms with E-state index in [2.05, 4.69) is 26.4 Å². The zero-order valence-corrected chi connectivity index (χ0v) is 14.3. The molecule has 1 fully saturated rings. The average molecular weight is 338 g/mol. The molecule has 0 saturated carbocycles. The number of piperidine rings is 1. The van der Waals surface area contributed by atoms with Gasteiger partial charge in [0.25, 0.3) is 5.56 Å². The molecule has 0 radical (unpaired) electrons. The smallest absolute Gasteiger partial charge is 0.293 e. The van der Waals surface area contributed by atoms with Crippen molar-refractivity contribution < 1.29 is 0 Å². The highest BCUT2D eigenvalue weighted by molar-refractivity contribution is 5.53. The number of aromatic nitrogens is 4. The Balaban J connectivity index is 1.36. The summed E-state index contributed by atoms with van der Waals surface area (Å²) in [5.41, 5.74) is 2.33. The molecule has 1 N–H and O–H groups in total. The van der Waals surface area contributed by atoms with Crippen LogP contribution in [0.15, 0.2) is 47.8 Å². The van der Waals surface area contributed by atoms with E-state index in [1.165, 1.54) is 5.56 Å². The van der Waals surface area contributed by atoms with Crippen molar-refractivity contribution in [1.29, 1.82) is 0 Å². The number of hydrogen-bond donors (Lipinski definition) is 1. The summed E-state index contributed by atoms with van der Waals surface area (Å²) in [6, 6.07) is 6.55. The van der Waals surface area contributed by atoms with Gasteiger partial charge in [-0.2, -0.15) is 5.10 Å². The van der Waals surface area contributed by atoms with Gasteiger partial charge in [-0.05, 0) is 25.0 Å². The second kappa shape index (κ2) is 6.68. The molecule has 7 nitrogen and oxygen atoms in total. The highest BCUT2D eigenvalue weighted by Crippen LogP contribution is 2.16. The standard InChI is InChI=1S/C18H22N6O/c1-22-11-7-19-17(18(22)25)23-9-5-15(6-10-23)20-12-14-13-21-24-8-3-2-4-16(14)24/h2-4,7-8,11,13,15,20H,5-6,9-10,12H2,1H3. The molecule has 4 rings (SSSR count). The number of fused-ring (bicyclic) bond motifs is 1. The summed E-state index contributed by atoms with van der Waals surface area (Å²) in [4.78, 5) is 18.6. The van der Waals surface area contributed by atoms with Crippen LogP contribution in [-0.4, -0.2) is 38.3 Å². The van der Waals surface area contributed by atoms with E-state index in [1.807, 2.05) is 29.0 Å². The highest BCUT2D eigenvalue weighted by atomic mass is 16.1. The summed E-state index contributed by atoms with van der Waals surface area (Å²) in [5, 5.41) is 8.01. The first-order valence-electron chi connectivity index (χ1n) is 8.63. The van der Waals surface area contributed by atoms with Crippen molar-refractivity contribution in [2.45, 2.75) is 25.4 Å². The quantitative estimate of drug-likeness (QED) is 0.774. The third-order valence-electron chi connectivity index (χ3n) is 4.88. The lowest BCUT2D eigenvalue weighted by Gasteiger charge is -2.32. The van der Waals surface area contributed by atoms with Crippen LogP contribution in [0, 0.1) is 0 Å². The molecule has 0 amide bonds. The van der Waals surface area contributed by atoms with Crippen LogP contribution >= 0.6 is 0 Å². The summed E-state index contributed by atoms with van der Waals surface area (Å²) in [6.07, 6.45) is 9.26. The first kappa shape index (κ1) is 15.8. The second-order valence-corrected chi connectivity index (χ2v) is 6.51. The van der Waals surface area contributed by atoms with Crippen molar-refractivity contribution >= 4 is 11.3 Å². The van der Waals surface area contributed by atoms with Gasteiger partial charge in [-0.25, -0.2) is 9.50 Å². The van der Waals surface area contributed by atoms with Crippen LogP contribution in [0.25, 0.3) is 5.52 Å². The minimum absolute atomic E-state index is 0.0275. The summed E-state index contributed by atoms with van der Waals surface area (Å²) < 4.78 is 3.48. The molecular weight excluding hydrogens is 316 g/mol. The van der Waals surface area contributed by atoms with Crippen molar-refractivity contribution in [1.82, 2.24) is 24.5 Å². The Morgan fingerprint density at radius 2 is 2.08 bits per heavy atom.